The van der Waals surface area contributed by atoms with Crippen molar-refractivity contribution in [2.45, 2.75) is 32.5 Å². The molecular formula is C17H22N4O4S. The van der Waals surface area contributed by atoms with Gasteiger partial charge in [0, 0.05) is 17.9 Å². The van der Waals surface area contributed by atoms with Crippen molar-refractivity contribution in [1.82, 2.24) is 14.8 Å². The monoisotopic (exact) mass is 378 g/mol. The Kier molecular flexibility index (Phi) is 5.87. The number of nitrogens with one attached hydrogen (secondary N) is 1. The van der Waals surface area contributed by atoms with Crippen molar-refractivity contribution in [3.8, 4) is 17.2 Å². The molecule has 0 radical (unpaired) electrons. The zero-order valence-corrected chi connectivity index (χ0v) is 15.9. The highest BCUT2D eigenvalue weighted by atomic mass is 32.2. The molecule has 3 rings (SSSR count). The van der Waals surface area contributed by atoms with E-state index in [1.165, 1.54) is 0 Å². The molecule has 0 saturated carbocycles. The van der Waals surface area contributed by atoms with Crippen molar-refractivity contribution in [3.05, 3.63) is 17.7 Å². The fraction of sp³-hybridized carbons (Fsp3) is 0.471. The highest BCUT2D eigenvalue weighted by Crippen LogP contribution is 2.39. The summed E-state index contributed by atoms with van der Waals surface area (Å²) in [4.78, 5) is 12.7. The van der Waals surface area contributed by atoms with E-state index in [2.05, 4.69) is 15.5 Å². The number of carbonyl (C=O) groups is 1. The van der Waals surface area contributed by atoms with Crippen LogP contribution < -0.4 is 19.5 Å². The highest BCUT2D eigenvalue weighted by Gasteiger charge is 2.22. The number of fused-ring (bicyclic) bond motifs is 1. The number of hydrogen-bond donors (Lipinski definition) is 1. The first-order valence-electron chi connectivity index (χ1n) is 8.61. The van der Waals surface area contributed by atoms with Crippen LogP contribution in [0.1, 0.15) is 31.1 Å². The number of thioether (sulfide) groups is 1. The van der Waals surface area contributed by atoms with Crippen molar-refractivity contribution in [1.29, 1.82) is 0 Å². The second-order valence-corrected chi connectivity index (χ2v) is 6.42. The lowest BCUT2D eigenvalue weighted by Crippen LogP contribution is -2.16. The molecule has 0 atom stereocenters. The van der Waals surface area contributed by atoms with Crippen molar-refractivity contribution >= 4 is 23.6 Å². The van der Waals surface area contributed by atoms with E-state index in [-0.39, 0.29) is 5.91 Å². The molecule has 1 N–H and O–H groups in total. The lowest BCUT2D eigenvalue weighted by Gasteiger charge is -2.17. The fourth-order valence-corrected chi connectivity index (χ4v) is 3.50. The molecule has 0 saturated heterocycles. The third-order valence-corrected chi connectivity index (χ3v) is 4.61. The van der Waals surface area contributed by atoms with Gasteiger partial charge in [0.1, 0.15) is 0 Å². The average molecular weight is 378 g/mol. The van der Waals surface area contributed by atoms with Gasteiger partial charge in [-0.15, -0.1) is 10.2 Å². The molecule has 2 aromatic rings. The van der Waals surface area contributed by atoms with Crippen LogP contribution in [0, 0.1) is 0 Å². The minimum absolute atomic E-state index is 0.304. The first-order chi connectivity index (χ1) is 12.7. The van der Waals surface area contributed by atoms with Gasteiger partial charge >= 0.3 is 0 Å². The van der Waals surface area contributed by atoms with Gasteiger partial charge in [0.25, 0.3) is 5.91 Å². The second-order valence-electron chi connectivity index (χ2n) is 5.36. The number of nitrogens with zero attached hydrogens (tertiary/aromatic N) is 3. The van der Waals surface area contributed by atoms with Gasteiger partial charge in [-0.05, 0) is 32.9 Å². The van der Waals surface area contributed by atoms with E-state index in [0.717, 1.165) is 17.5 Å². The summed E-state index contributed by atoms with van der Waals surface area (Å²) in [6, 6.07) is 3.31. The lowest BCUT2D eigenvalue weighted by molar-refractivity contribution is 0.102. The zero-order valence-electron chi connectivity index (χ0n) is 15.1. The maximum atomic E-state index is 12.7. The molecule has 1 amide bonds. The Labute approximate surface area is 156 Å². The Bertz CT molecular complexity index is 766. The highest BCUT2D eigenvalue weighted by molar-refractivity contribution is 7.99. The van der Waals surface area contributed by atoms with E-state index in [0.29, 0.717) is 48.6 Å². The Morgan fingerprint density at radius 2 is 1.77 bits per heavy atom. The fourth-order valence-electron chi connectivity index (χ4n) is 2.61. The van der Waals surface area contributed by atoms with Gasteiger partial charge in [-0.2, -0.15) is 0 Å². The number of hydrogen-bond acceptors (Lipinski definition) is 7. The second kappa shape index (κ2) is 8.31. The summed E-state index contributed by atoms with van der Waals surface area (Å²) in [5.41, 5.74) is 0.406. The van der Waals surface area contributed by atoms with Crippen LogP contribution in [0.5, 0.6) is 17.2 Å². The summed E-state index contributed by atoms with van der Waals surface area (Å²) in [5.74, 6) is 2.54. The number of aromatic nitrogens is 3. The van der Waals surface area contributed by atoms with E-state index in [1.807, 2.05) is 25.3 Å². The number of benzene rings is 1. The number of rotatable bonds is 8. The van der Waals surface area contributed by atoms with Crippen LogP contribution in [0.3, 0.4) is 0 Å². The van der Waals surface area contributed by atoms with Gasteiger partial charge in [-0.3, -0.25) is 14.7 Å². The average Bonchev–Trinajstić information content (AvgIpc) is 3.23. The molecule has 9 heteroatoms. The van der Waals surface area contributed by atoms with Crippen molar-refractivity contribution in [3.63, 3.8) is 0 Å². The summed E-state index contributed by atoms with van der Waals surface area (Å²) in [6.07, 6.45) is 0. The predicted octanol–water partition coefficient (Wildman–Crippen LogP) is 2.83. The van der Waals surface area contributed by atoms with Crippen molar-refractivity contribution in [2.75, 3.05) is 30.9 Å². The van der Waals surface area contributed by atoms with Crippen LogP contribution in [0.2, 0.25) is 0 Å². The molecule has 0 spiro atoms. The van der Waals surface area contributed by atoms with E-state index in [4.69, 9.17) is 14.2 Å². The van der Waals surface area contributed by atoms with Crippen LogP contribution >= 0.6 is 11.8 Å². The zero-order chi connectivity index (χ0) is 18.5. The third kappa shape index (κ3) is 3.72. The van der Waals surface area contributed by atoms with Crippen molar-refractivity contribution < 1.29 is 19.0 Å². The van der Waals surface area contributed by atoms with Gasteiger partial charge < -0.3 is 14.2 Å². The molecule has 0 aliphatic carbocycles. The third-order valence-electron chi connectivity index (χ3n) is 3.66. The number of amides is 1. The molecule has 1 aliphatic heterocycles. The number of carbonyl (C=O) groups excluding carboxylic acids is 1. The maximum Gasteiger partial charge on any atom is 0.258 e. The number of anilines is 1. The topological polar surface area (TPSA) is 87.5 Å². The van der Waals surface area contributed by atoms with Crippen LogP contribution in [-0.2, 0) is 6.54 Å². The first-order valence-corrected chi connectivity index (χ1v) is 9.60. The molecule has 0 fully saturated rings. The van der Waals surface area contributed by atoms with Crippen LogP contribution in [0.25, 0.3) is 0 Å². The normalized spacial score (nSPS) is 12.6. The van der Waals surface area contributed by atoms with Gasteiger partial charge in [0.2, 0.25) is 11.7 Å². The summed E-state index contributed by atoms with van der Waals surface area (Å²) >= 11 is 1.62. The summed E-state index contributed by atoms with van der Waals surface area (Å²) in [7, 11) is 0. The molecule has 1 aromatic carbocycles. The molecule has 1 aliphatic rings. The molecule has 26 heavy (non-hydrogen) atoms. The van der Waals surface area contributed by atoms with Crippen LogP contribution in [0.4, 0.5) is 5.95 Å². The molecular weight excluding hydrogens is 356 g/mol. The predicted molar refractivity (Wildman–Crippen MR) is 98.6 cm³/mol. The Morgan fingerprint density at radius 3 is 2.38 bits per heavy atom. The number of ether oxygens (including phenoxy) is 3. The van der Waals surface area contributed by atoms with E-state index in [1.54, 1.807) is 23.9 Å². The Balaban J connectivity index is 1.91. The summed E-state index contributed by atoms with van der Waals surface area (Å²) in [5, 5.41) is 11.7. The molecule has 8 nitrogen and oxygen atoms in total. The van der Waals surface area contributed by atoms with Gasteiger partial charge in [-0.1, -0.05) is 11.8 Å². The minimum Gasteiger partial charge on any atom is -0.490 e. The molecule has 140 valence electrons. The quantitative estimate of drug-likeness (QED) is 0.756. The Hall–Kier alpha value is -2.42. The smallest absolute Gasteiger partial charge is 0.258 e. The molecule has 0 unspecified atom stereocenters. The SMILES string of the molecule is CCOc1cc(C(=O)Nc2nnc3n2CCS3)cc(OCC)c1OCC. The van der Waals surface area contributed by atoms with Gasteiger partial charge in [-0.25, -0.2) is 0 Å². The van der Waals surface area contributed by atoms with E-state index < -0.39 is 0 Å². The van der Waals surface area contributed by atoms with Crippen molar-refractivity contribution in [2.24, 2.45) is 0 Å². The maximum absolute atomic E-state index is 12.7. The lowest BCUT2D eigenvalue weighted by atomic mass is 10.1. The van der Waals surface area contributed by atoms with Gasteiger partial charge in [0.15, 0.2) is 16.7 Å². The Morgan fingerprint density at radius 1 is 1.12 bits per heavy atom. The van der Waals surface area contributed by atoms with E-state index >= 15 is 0 Å². The molecule has 1 aromatic heterocycles. The van der Waals surface area contributed by atoms with Crippen LogP contribution in [-0.4, -0.2) is 46.2 Å². The van der Waals surface area contributed by atoms with Gasteiger partial charge in [0.05, 0.1) is 19.8 Å². The molecule has 2 heterocycles. The first kappa shape index (κ1) is 18.4. The summed E-state index contributed by atoms with van der Waals surface area (Å²) in [6.45, 7) is 7.78. The molecule has 0 bridgehead atoms. The summed E-state index contributed by atoms with van der Waals surface area (Å²) < 4.78 is 18.9. The van der Waals surface area contributed by atoms with Crippen LogP contribution in [0.15, 0.2) is 17.3 Å². The minimum atomic E-state index is -0.304. The van der Waals surface area contributed by atoms with E-state index in [9.17, 15) is 4.79 Å². The standard InChI is InChI=1S/C17H22N4O4S/c1-4-23-12-9-11(10-13(24-5-2)14(12)25-6-3)15(22)18-16-19-20-17-21(16)7-8-26-17/h9-10H,4-8H2,1-3H3,(H,18,19,22). The largest absolute Gasteiger partial charge is 0.490 e.